The number of benzene rings is 1. The Morgan fingerprint density at radius 2 is 2.12 bits per heavy atom. The number of fused-ring (bicyclic) bond motifs is 1. The number of rotatable bonds is 1. The minimum Gasteiger partial charge on any atom is -0.356 e. The van der Waals surface area contributed by atoms with Gasteiger partial charge >= 0.3 is 0 Å². The average Bonchev–Trinajstić information content (AvgIpc) is 2.70. The van der Waals surface area contributed by atoms with E-state index in [-0.39, 0.29) is 0 Å². The molecule has 2 aromatic rings. The molecule has 1 unspecified atom stereocenters. The summed E-state index contributed by atoms with van der Waals surface area (Å²) < 4.78 is 2.27. The van der Waals surface area contributed by atoms with E-state index >= 15 is 0 Å². The lowest BCUT2D eigenvalue weighted by molar-refractivity contribution is 0.528. The topological polar surface area (TPSA) is 29.9 Å². The van der Waals surface area contributed by atoms with Crippen molar-refractivity contribution in [2.45, 2.75) is 26.3 Å². The fourth-order valence-electron chi connectivity index (χ4n) is 2.61. The van der Waals surface area contributed by atoms with Gasteiger partial charge in [-0.05, 0) is 31.4 Å². The molecule has 0 amide bonds. The van der Waals surface area contributed by atoms with Crippen LogP contribution in [0.5, 0.6) is 0 Å². The number of hydrogen-bond donors (Lipinski definition) is 1. The van der Waals surface area contributed by atoms with Crippen LogP contribution < -0.4 is 5.32 Å². The molecule has 1 aromatic heterocycles. The molecule has 0 aliphatic carbocycles. The first kappa shape index (κ1) is 10.4. The van der Waals surface area contributed by atoms with Crippen LogP contribution >= 0.6 is 0 Å². The van der Waals surface area contributed by atoms with Gasteiger partial charge in [0.2, 0.25) is 5.95 Å². The van der Waals surface area contributed by atoms with Gasteiger partial charge in [0.25, 0.3) is 0 Å². The third kappa shape index (κ3) is 1.71. The zero-order valence-electron chi connectivity index (χ0n) is 10.3. The van der Waals surface area contributed by atoms with Gasteiger partial charge in [-0.25, -0.2) is 4.98 Å². The van der Waals surface area contributed by atoms with Gasteiger partial charge in [-0.15, -0.1) is 0 Å². The van der Waals surface area contributed by atoms with E-state index in [9.17, 15) is 0 Å². The highest BCUT2D eigenvalue weighted by molar-refractivity contribution is 5.38. The number of nitrogens with zero attached hydrogens (tertiary/aromatic N) is 2. The Morgan fingerprint density at radius 3 is 2.94 bits per heavy atom. The maximum atomic E-state index is 4.51. The molecule has 0 saturated heterocycles. The summed E-state index contributed by atoms with van der Waals surface area (Å²) in [7, 11) is 0. The predicted octanol–water partition coefficient (Wildman–Crippen LogP) is 2.90. The first-order chi connectivity index (χ1) is 8.25. The van der Waals surface area contributed by atoms with Crippen LogP contribution in [0.2, 0.25) is 0 Å². The normalized spacial score (nSPS) is 18.6. The van der Waals surface area contributed by atoms with Crippen LogP contribution in [0.3, 0.4) is 0 Å². The Kier molecular flexibility index (Phi) is 2.39. The van der Waals surface area contributed by atoms with Crippen molar-refractivity contribution in [3.8, 4) is 0 Å². The van der Waals surface area contributed by atoms with E-state index in [4.69, 9.17) is 0 Å². The van der Waals surface area contributed by atoms with Gasteiger partial charge < -0.3 is 9.88 Å². The van der Waals surface area contributed by atoms with Crippen molar-refractivity contribution in [1.82, 2.24) is 9.55 Å². The van der Waals surface area contributed by atoms with E-state index < -0.39 is 0 Å². The molecule has 88 valence electrons. The molecular formula is C14H17N3. The molecule has 3 heteroatoms. The summed E-state index contributed by atoms with van der Waals surface area (Å²) in [6.45, 7) is 5.22. The Morgan fingerprint density at radius 1 is 1.29 bits per heavy atom. The molecule has 3 rings (SSSR count). The molecule has 1 aliphatic heterocycles. The Bertz CT molecular complexity index is 542. The monoisotopic (exact) mass is 227 g/mol. The van der Waals surface area contributed by atoms with Crippen LogP contribution in [0.15, 0.2) is 30.5 Å². The summed E-state index contributed by atoms with van der Waals surface area (Å²) in [5, 5.41) is 3.35. The standard InChI is InChI=1S/C14H17N3/c1-10-5-3-4-6-12(10)13-7-8-15-14-16-11(2)9-17(13)14/h3-6,9,13H,7-8H2,1-2H3,(H,15,16). The molecule has 1 aromatic carbocycles. The average molecular weight is 227 g/mol. The highest BCUT2D eigenvalue weighted by Gasteiger charge is 2.22. The Hall–Kier alpha value is -1.77. The van der Waals surface area contributed by atoms with E-state index in [0.29, 0.717) is 6.04 Å². The van der Waals surface area contributed by atoms with Gasteiger partial charge in [0.05, 0.1) is 11.7 Å². The van der Waals surface area contributed by atoms with Crippen LogP contribution in [-0.4, -0.2) is 16.1 Å². The summed E-state index contributed by atoms with van der Waals surface area (Å²) in [6.07, 6.45) is 3.26. The zero-order valence-corrected chi connectivity index (χ0v) is 10.3. The molecule has 2 heterocycles. The van der Waals surface area contributed by atoms with Crippen molar-refractivity contribution in [3.05, 3.63) is 47.3 Å². The van der Waals surface area contributed by atoms with E-state index in [0.717, 1.165) is 24.6 Å². The molecule has 0 fully saturated rings. The molecule has 0 bridgehead atoms. The molecule has 0 radical (unpaired) electrons. The Labute approximate surface area is 101 Å². The first-order valence-electron chi connectivity index (χ1n) is 6.10. The van der Waals surface area contributed by atoms with Crippen LogP contribution in [0.1, 0.15) is 29.3 Å². The van der Waals surface area contributed by atoms with Crippen molar-refractivity contribution in [2.75, 3.05) is 11.9 Å². The third-order valence-electron chi connectivity index (χ3n) is 3.44. The van der Waals surface area contributed by atoms with Crippen molar-refractivity contribution in [3.63, 3.8) is 0 Å². The SMILES string of the molecule is Cc1cn2c(n1)NCCC2c1ccccc1C. The molecule has 1 atom stereocenters. The second kappa shape index (κ2) is 3.91. The zero-order chi connectivity index (χ0) is 11.8. The minimum atomic E-state index is 0.425. The largest absolute Gasteiger partial charge is 0.356 e. The number of nitrogens with one attached hydrogen (secondary N) is 1. The highest BCUT2D eigenvalue weighted by Crippen LogP contribution is 2.31. The third-order valence-corrected chi connectivity index (χ3v) is 3.44. The maximum Gasteiger partial charge on any atom is 0.203 e. The van der Waals surface area contributed by atoms with Crippen LogP contribution in [0, 0.1) is 13.8 Å². The van der Waals surface area contributed by atoms with Gasteiger partial charge in [-0.1, -0.05) is 24.3 Å². The van der Waals surface area contributed by atoms with Gasteiger partial charge in [0, 0.05) is 12.7 Å². The first-order valence-corrected chi connectivity index (χ1v) is 6.10. The van der Waals surface area contributed by atoms with E-state index in [1.54, 1.807) is 0 Å². The van der Waals surface area contributed by atoms with E-state index in [1.807, 2.05) is 6.92 Å². The summed E-state index contributed by atoms with van der Waals surface area (Å²) >= 11 is 0. The Balaban J connectivity index is 2.09. The molecule has 17 heavy (non-hydrogen) atoms. The van der Waals surface area contributed by atoms with Gasteiger partial charge in [0.15, 0.2) is 0 Å². The van der Waals surface area contributed by atoms with Crippen molar-refractivity contribution in [1.29, 1.82) is 0 Å². The molecule has 1 N–H and O–H groups in total. The molecule has 0 spiro atoms. The second-order valence-corrected chi connectivity index (χ2v) is 4.70. The summed E-state index contributed by atoms with van der Waals surface area (Å²) in [4.78, 5) is 4.51. The number of aromatic nitrogens is 2. The summed E-state index contributed by atoms with van der Waals surface area (Å²) in [5.74, 6) is 1.00. The molecule has 0 saturated carbocycles. The number of aryl methyl sites for hydroxylation is 2. The van der Waals surface area contributed by atoms with Crippen molar-refractivity contribution >= 4 is 5.95 Å². The maximum absolute atomic E-state index is 4.51. The van der Waals surface area contributed by atoms with Gasteiger partial charge in [-0.2, -0.15) is 0 Å². The van der Waals surface area contributed by atoms with Gasteiger partial charge in [0.1, 0.15) is 0 Å². The summed E-state index contributed by atoms with van der Waals surface area (Å²) in [6, 6.07) is 9.05. The van der Waals surface area contributed by atoms with Crippen LogP contribution in [0.25, 0.3) is 0 Å². The number of hydrogen-bond acceptors (Lipinski definition) is 2. The lowest BCUT2D eigenvalue weighted by Crippen LogP contribution is -2.23. The van der Waals surface area contributed by atoms with E-state index in [2.05, 4.69) is 52.3 Å². The fourth-order valence-corrected chi connectivity index (χ4v) is 2.61. The molecule has 1 aliphatic rings. The van der Waals surface area contributed by atoms with Crippen LogP contribution in [0.4, 0.5) is 5.95 Å². The number of imidazole rings is 1. The molecular weight excluding hydrogens is 210 g/mol. The fraction of sp³-hybridized carbons (Fsp3) is 0.357. The molecule has 3 nitrogen and oxygen atoms in total. The quantitative estimate of drug-likeness (QED) is 0.811. The van der Waals surface area contributed by atoms with Crippen molar-refractivity contribution < 1.29 is 0 Å². The predicted molar refractivity (Wildman–Crippen MR) is 69.4 cm³/mol. The number of anilines is 1. The van der Waals surface area contributed by atoms with Crippen LogP contribution in [-0.2, 0) is 0 Å². The smallest absolute Gasteiger partial charge is 0.203 e. The summed E-state index contributed by atoms with van der Waals surface area (Å²) in [5.41, 5.74) is 3.84. The van der Waals surface area contributed by atoms with Gasteiger partial charge in [-0.3, -0.25) is 0 Å². The van der Waals surface area contributed by atoms with Crippen molar-refractivity contribution in [2.24, 2.45) is 0 Å². The minimum absolute atomic E-state index is 0.425. The van der Waals surface area contributed by atoms with E-state index in [1.165, 1.54) is 11.1 Å². The lowest BCUT2D eigenvalue weighted by atomic mass is 9.98. The lowest BCUT2D eigenvalue weighted by Gasteiger charge is -2.27. The highest BCUT2D eigenvalue weighted by atomic mass is 15.2. The second-order valence-electron chi connectivity index (χ2n) is 4.70.